The van der Waals surface area contributed by atoms with Crippen LogP contribution < -0.4 is 15.4 Å². The number of anilines is 2. The maximum Gasteiger partial charge on any atom is 0.287 e. The molecule has 2 aromatic heterocycles. The number of fused-ring (bicyclic) bond motifs is 1. The van der Waals surface area contributed by atoms with Crippen molar-refractivity contribution in [1.29, 1.82) is 5.26 Å². The van der Waals surface area contributed by atoms with E-state index in [9.17, 15) is 10.1 Å². The van der Waals surface area contributed by atoms with Crippen LogP contribution in [0.15, 0.2) is 17.1 Å². The lowest BCUT2D eigenvalue weighted by Gasteiger charge is -2.37. The minimum absolute atomic E-state index is 0.198. The second-order valence-corrected chi connectivity index (χ2v) is 7.06. The Labute approximate surface area is 156 Å². The quantitative estimate of drug-likeness (QED) is 0.797. The number of pyridine rings is 1. The minimum atomic E-state index is -0.293. The minimum Gasteiger partial charge on any atom is -0.365 e. The van der Waals surface area contributed by atoms with E-state index in [0.29, 0.717) is 37.4 Å². The SMILES string of the molecule is Cn1ncc(N2CCN(c3nc4c(cc3C#N)CCC4)CC2)c(Cl)c1=O. The van der Waals surface area contributed by atoms with Crippen molar-refractivity contribution in [1.82, 2.24) is 14.8 Å². The van der Waals surface area contributed by atoms with Gasteiger partial charge in [-0.05, 0) is 30.9 Å². The number of aryl methyl sites for hydroxylation is 3. The Morgan fingerprint density at radius 1 is 1.19 bits per heavy atom. The van der Waals surface area contributed by atoms with Crippen molar-refractivity contribution in [2.75, 3.05) is 36.0 Å². The molecule has 0 radical (unpaired) electrons. The molecule has 0 spiro atoms. The molecule has 8 heteroatoms. The van der Waals surface area contributed by atoms with E-state index < -0.39 is 0 Å². The molecule has 0 saturated carbocycles. The van der Waals surface area contributed by atoms with Crippen LogP contribution >= 0.6 is 11.6 Å². The molecular weight excluding hydrogens is 352 g/mol. The van der Waals surface area contributed by atoms with E-state index in [-0.39, 0.29) is 10.6 Å². The fourth-order valence-electron chi connectivity index (χ4n) is 3.67. The van der Waals surface area contributed by atoms with Gasteiger partial charge >= 0.3 is 0 Å². The summed E-state index contributed by atoms with van der Waals surface area (Å²) in [5, 5.41) is 13.8. The highest BCUT2D eigenvalue weighted by Crippen LogP contribution is 2.29. The Kier molecular flexibility index (Phi) is 4.29. The van der Waals surface area contributed by atoms with Gasteiger partial charge in [0.2, 0.25) is 0 Å². The number of nitriles is 1. The lowest BCUT2D eigenvalue weighted by atomic mass is 10.1. The van der Waals surface area contributed by atoms with Gasteiger partial charge in [0.05, 0.1) is 17.4 Å². The summed E-state index contributed by atoms with van der Waals surface area (Å²) in [7, 11) is 1.58. The van der Waals surface area contributed by atoms with Crippen LogP contribution in [0.5, 0.6) is 0 Å². The van der Waals surface area contributed by atoms with Crippen LogP contribution in [0, 0.1) is 11.3 Å². The number of hydrogen-bond acceptors (Lipinski definition) is 6. The van der Waals surface area contributed by atoms with Crippen LogP contribution in [0.4, 0.5) is 11.5 Å². The van der Waals surface area contributed by atoms with E-state index in [4.69, 9.17) is 16.6 Å². The molecule has 0 atom stereocenters. The van der Waals surface area contributed by atoms with Gasteiger partial charge in [0, 0.05) is 38.9 Å². The average Bonchev–Trinajstić information content (AvgIpc) is 3.13. The predicted molar refractivity (Wildman–Crippen MR) is 99.9 cm³/mol. The van der Waals surface area contributed by atoms with Crippen molar-refractivity contribution in [2.24, 2.45) is 7.05 Å². The molecule has 1 aliphatic heterocycles. The summed E-state index contributed by atoms with van der Waals surface area (Å²) < 4.78 is 1.23. The lowest BCUT2D eigenvalue weighted by molar-refractivity contribution is 0.637. The molecule has 134 valence electrons. The number of halogens is 1. The van der Waals surface area contributed by atoms with Crippen LogP contribution in [0.25, 0.3) is 0 Å². The van der Waals surface area contributed by atoms with E-state index in [1.807, 2.05) is 6.07 Å². The zero-order valence-electron chi connectivity index (χ0n) is 14.6. The fourth-order valence-corrected chi connectivity index (χ4v) is 3.96. The number of nitrogens with zero attached hydrogens (tertiary/aromatic N) is 6. The highest BCUT2D eigenvalue weighted by atomic mass is 35.5. The first-order valence-electron chi connectivity index (χ1n) is 8.73. The van der Waals surface area contributed by atoms with Gasteiger partial charge in [-0.25, -0.2) is 9.67 Å². The Morgan fingerprint density at radius 2 is 1.92 bits per heavy atom. The first kappa shape index (κ1) is 16.9. The van der Waals surface area contributed by atoms with Crippen LogP contribution in [-0.4, -0.2) is 40.9 Å². The molecule has 1 saturated heterocycles. The third-order valence-electron chi connectivity index (χ3n) is 5.13. The van der Waals surface area contributed by atoms with Crippen molar-refractivity contribution in [3.05, 3.63) is 44.5 Å². The maximum absolute atomic E-state index is 12.0. The van der Waals surface area contributed by atoms with Gasteiger partial charge < -0.3 is 9.80 Å². The van der Waals surface area contributed by atoms with Gasteiger partial charge in [0.1, 0.15) is 16.9 Å². The van der Waals surface area contributed by atoms with Crippen molar-refractivity contribution in [3.63, 3.8) is 0 Å². The smallest absolute Gasteiger partial charge is 0.287 e. The molecule has 2 aromatic rings. The molecule has 0 N–H and O–H groups in total. The summed E-state index contributed by atoms with van der Waals surface area (Å²) in [6, 6.07) is 4.29. The Balaban J connectivity index is 1.56. The highest BCUT2D eigenvalue weighted by Gasteiger charge is 2.25. The van der Waals surface area contributed by atoms with E-state index in [1.165, 1.54) is 10.2 Å². The second kappa shape index (κ2) is 6.61. The largest absolute Gasteiger partial charge is 0.365 e. The molecule has 0 aromatic carbocycles. The van der Waals surface area contributed by atoms with Crippen LogP contribution in [0.3, 0.4) is 0 Å². The monoisotopic (exact) mass is 370 g/mol. The van der Waals surface area contributed by atoms with Gasteiger partial charge in [-0.15, -0.1) is 0 Å². The number of aromatic nitrogens is 3. The summed E-state index contributed by atoms with van der Waals surface area (Å²) in [6.45, 7) is 2.81. The zero-order chi connectivity index (χ0) is 18.3. The van der Waals surface area contributed by atoms with E-state index >= 15 is 0 Å². The van der Waals surface area contributed by atoms with Gasteiger partial charge in [0.25, 0.3) is 5.56 Å². The predicted octanol–water partition coefficient (Wildman–Crippen LogP) is 1.52. The van der Waals surface area contributed by atoms with Crippen LogP contribution in [0.2, 0.25) is 5.02 Å². The topological polar surface area (TPSA) is 78.1 Å². The van der Waals surface area contributed by atoms with Crippen LogP contribution in [-0.2, 0) is 19.9 Å². The van der Waals surface area contributed by atoms with Crippen molar-refractivity contribution < 1.29 is 0 Å². The molecule has 0 amide bonds. The first-order valence-corrected chi connectivity index (χ1v) is 9.11. The molecular formula is C18H19ClN6O. The molecule has 1 aliphatic carbocycles. The van der Waals surface area contributed by atoms with E-state index in [1.54, 1.807) is 13.2 Å². The second-order valence-electron chi connectivity index (χ2n) is 6.68. The molecule has 3 heterocycles. The maximum atomic E-state index is 12.0. The molecule has 0 bridgehead atoms. The van der Waals surface area contributed by atoms with Crippen LogP contribution in [0.1, 0.15) is 23.2 Å². The Hall–Kier alpha value is -2.59. The molecule has 4 rings (SSSR count). The molecule has 1 fully saturated rings. The lowest BCUT2D eigenvalue weighted by Crippen LogP contribution is -2.47. The van der Waals surface area contributed by atoms with Crippen molar-refractivity contribution in [3.8, 4) is 6.07 Å². The number of hydrogen-bond donors (Lipinski definition) is 0. The fraction of sp³-hybridized carbons (Fsp3) is 0.444. The standard InChI is InChI=1S/C18H19ClN6O/c1-23-18(26)16(19)15(11-21-23)24-5-7-25(8-6-24)17-13(10-20)9-12-3-2-4-14(12)22-17/h9,11H,2-8H2,1H3. The normalized spacial score (nSPS) is 16.5. The Bertz CT molecular complexity index is 955. The first-order chi connectivity index (χ1) is 12.6. The van der Waals surface area contributed by atoms with Gasteiger partial charge in [-0.1, -0.05) is 11.6 Å². The average molecular weight is 371 g/mol. The van der Waals surface area contributed by atoms with E-state index in [2.05, 4.69) is 21.0 Å². The molecule has 7 nitrogen and oxygen atoms in total. The van der Waals surface area contributed by atoms with Gasteiger partial charge in [0.15, 0.2) is 0 Å². The number of rotatable bonds is 2. The van der Waals surface area contributed by atoms with Crippen molar-refractivity contribution >= 4 is 23.1 Å². The van der Waals surface area contributed by atoms with Crippen molar-refractivity contribution in [2.45, 2.75) is 19.3 Å². The summed E-state index contributed by atoms with van der Waals surface area (Å²) >= 11 is 6.21. The molecule has 0 unspecified atom stereocenters. The zero-order valence-corrected chi connectivity index (χ0v) is 15.3. The summed E-state index contributed by atoms with van der Waals surface area (Å²) in [5.74, 6) is 0.779. The summed E-state index contributed by atoms with van der Waals surface area (Å²) in [5.41, 5.74) is 3.35. The summed E-state index contributed by atoms with van der Waals surface area (Å²) in [4.78, 5) is 21.0. The van der Waals surface area contributed by atoms with E-state index in [0.717, 1.165) is 30.8 Å². The molecule has 26 heavy (non-hydrogen) atoms. The highest BCUT2D eigenvalue weighted by molar-refractivity contribution is 6.33. The summed E-state index contributed by atoms with van der Waals surface area (Å²) in [6.07, 6.45) is 4.74. The van der Waals surface area contributed by atoms with Gasteiger partial charge in [-0.3, -0.25) is 4.79 Å². The third-order valence-corrected chi connectivity index (χ3v) is 5.49. The van der Waals surface area contributed by atoms with Gasteiger partial charge in [-0.2, -0.15) is 10.4 Å². The number of piperazine rings is 1. The third kappa shape index (κ3) is 2.80. The Morgan fingerprint density at radius 3 is 2.65 bits per heavy atom. The molecule has 2 aliphatic rings.